The number of amides is 1. The van der Waals surface area contributed by atoms with Gasteiger partial charge in [-0.25, -0.2) is 0 Å². The van der Waals surface area contributed by atoms with Gasteiger partial charge < -0.3 is 54.8 Å². The third kappa shape index (κ3) is 9.09. The number of nitrogens with one attached hydrogen (secondary N) is 2. The van der Waals surface area contributed by atoms with Crippen molar-refractivity contribution < 1.29 is 49.0 Å². The number of halogens is 1. The number of anilines is 1. The summed E-state index contributed by atoms with van der Waals surface area (Å²) >= 11 is 6.05. The zero-order valence-electron chi connectivity index (χ0n) is 30.8. The number of methoxy groups -OCH3 is 2. The van der Waals surface area contributed by atoms with Gasteiger partial charge in [0, 0.05) is 28.3 Å². The summed E-state index contributed by atoms with van der Waals surface area (Å²) in [6, 6.07) is 17.8. The Hall–Kier alpha value is -5.05. The Balaban J connectivity index is 0.968. The molecule has 0 saturated heterocycles. The second kappa shape index (κ2) is 18.5. The predicted molar refractivity (Wildman–Crippen MR) is 206 cm³/mol. The van der Waals surface area contributed by atoms with Gasteiger partial charge >= 0.3 is 0 Å². The lowest BCUT2D eigenvalue weighted by Gasteiger charge is -2.28. The Bertz CT molecular complexity index is 1970. The van der Waals surface area contributed by atoms with Gasteiger partial charge in [-0.3, -0.25) is 4.79 Å². The van der Waals surface area contributed by atoms with Crippen LogP contribution in [0.3, 0.4) is 0 Å². The monoisotopic (exact) mass is 775 g/mol. The molecular formula is C41H46ClN3O10. The van der Waals surface area contributed by atoms with Crippen molar-refractivity contribution in [1.82, 2.24) is 5.32 Å². The number of unbranched alkanes of at least 4 members (excludes halogenated alkanes) is 3. The summed E-state index contributed by atoms with van der Waals surface area (Å²) in [6.45, 7) is -0.120. The highest BCUT2D eigenvalue weighted by atomic mass is 35.5. The van der Waals surface area contributed by atoms with Crippen LogP contribution in [0.4, 0.5) is 5.69 Å². The molecule has 0 saturated carbocycles. The van der Waals surface area contributed by atoms with E-state index in [4.69, 9.17) is 35.4 Å². The van der Waals surface area contributed by atoms with Gasteiger partial charge in [0.2, 0.25) is 5.75 Å². The van der Waals surface area contributed by atoms with Crippen molar-refractivity contribution in [2.75, 3.05) is 32.8 Å². The summed E-state index contributed by atoms with van der Waals surface area (Å²) in [4.78, 5) is 18.4. The average Bonchev–Trinajstić information content (AvgIpc) is 3.72. The lowest BCUT2D eigenvalue weighted by molar-refractivity contribution is 0.0853. The third-order valence-corrected chi connectivity index (χ3v) is 9.96. The number of nitrogens with zero attached hydrogens (tertiary/aromatic N) is 1. The van der Waals surface area contributed by atoms with Gasteiger partial charge in [-0.2, -0.15) is 0 Å². The number of aliphatic hydroxyl groups excluding tert-OH is 4. The molecule has 1 amide bonds. The van der Waals surface area contributed by atoms with E-state index in [-0.39, 0.29) is 32.3 Å². The van der Waals surface area contributed by atoms with E-state index in [0.717, 1.165) is 42.4 Å². The molecule has 13 nitrogen and oxygen atoms in total. The number of benzene rings is 4. The molecule has 4 aromatic rings. The number of carbonyl (C=O) groups is 1. The lowest BCUT2D eigenvalue weighted by atomic mass is 9.93. The lowest BCUT2D eigenvalue weighted by Crippen LogP contribution is -2.38. The first-order valence-corrected chi connectivity index (χ1v) is 18.5. The Morgan fingerprint density at radius 2 is 1.40 bits per heavy atom. The topological polar surface area (TPSA) is 181 Å². The molecule has 14 heteroatoms. The number of carbonyl (C=O) groups excluding carboxylic acids is 1. The van der Waals surface area contributed by atoms with Crippen molar-refractivity contribution in [3.8, 4) is 23.0 Å². The van der Waals surface area contributed by atoms with Crippen LogP contribution in [0.2, 0.25) is 5.02 Å². The minimum Gasteiger partial charge on any atom is -0.493 e. The Labute approximate surface area is 324 Å². The Morgan fingerprint density at radius 3 is 2.04 bits per heavy atom. The summed E-state index contributed by atoms with van der Waals surface area (Å²) in [5, 5.41) is 50.5. The SMILES string of the molecule is COc1cc(C2=NOC(c3cc(CO)c(CO)c(CO)c3)C2)cc(OC)c1OCCCCCCOc1ccc(C2NC(=O)c3cc(Cl)ccc3N2)cc1CO. The van der Waals surface area contributed by atoms with Crippen molar-refractivity contribution in [2.45, 2.75) is 70.8 Å². The van der Waals surface area contributed by atoms with E-state index in [1.165, 1.54) is 0 Å². The zero-order valence-corrected chi connectivity index (χ0v) is 31.5. The molecule has 2 aliphatic rings. The van der Waals surface area contributed by atoms with Gasteiger partial charge in [-0.1, -0.05) is 22.8 Å². The smallest absolute Gasteiger partial charge is 0.255 e. The van der Waals surface area contributed by atoms with E-state index >= 15 is 0 Å². The minimum atomic E-state index is -0.461. The molecule has 0 bridgehead atoms. The van der Waals surface area contributed by atoms with E-state index in [0.29, 0.717) is 86.9 Å². The van der Waals surface area contributed by atoms with Crippen molar-refractivity contribution in [3.05, 3.63) is 110 Å². The van der Waals surface area contributed by atoms with Gasteiger partial charge in [0.15, 0.2) is 17.6 Å². The first kappa shape index (κ1) is 39.6. The van der Waals surface area contributed by atoms with Gasteiger partial charge in [-0.15, -0.1) is 0 Å². The highest BCUT2D eigenvalue weighted by Gasteiger charge is 2.28. The van der Waals surface area contributed by atoms with Crippen LogP contribution in [0.5, 0.6) is 23.0 Å². The molecule has 4 aromatic carbocycles. The van der Waals surface area contributed by atoms with E-state index in [1.54, 1.807) is 44.6 Å². The number of oxime groups is 1. The fourth-order valence-electron chi connectivity index (χ4n) is 6.77. The standard InChI is InChI=1S/C41H46ClN3O10/c1-51-37-16-25(34-19-36(55-45-34)26-14-27(20-46)32(23-49)28(15-26)21-47)17-38(52-2)39(37)54-12-6-4-3-5-11-53-35-10-7-24(13-29(35)22-48)40-43-33-9-8-30(42)18-31(33)41(50)44-40/h7-10,13-18,36,40,43,46-49H,3-6,11-12,19-23H2,1-2H3,(H,44,50). The highest BCUT2D eigenvalue weighted by Crippen LogP contribution is 2.41. The van der Waals surface area contributed by atoms with Crippen LogP contribution in [0.1, 0.15) is 93.7 Å². The van der Waals surface area contributed by atoms with E-state index in [9.17, 15) is 25.2 Å². The molecule has 6 rings (SSSR count). The van der Waals surface area contributed by atoms with Crippen LogP contribution >= 0.6 is 11.6 Å². The summed E-state index contributed by atoms with van der Waals surface area (Å²) in [6.07, 6.45) is 2.95. The molecule has 0 radical (unpaired) electrons. The summed E-state index contributed by atoms with van der Waals surface area (Å²) in [5.74, 6) is 1.85. The van der Waals surface area contributed by atoms with Crippen LogP contribution in [-0.4, -0.2) is 59.5 Å². The van der Waals surface area contributed by atoms with Crippen molar-refractivity contribution >= 4 is 28.9 Å². The summed E-state index contributed by atoms with van der Waals surface area (Å²) in [7, 11) is 3.12. The van der Waals surface area contributed by atoms with Gasteiger partial charge in [-0.05, 0) is 108 Å². The number of fused-ring (bicyclic) bond motifs is 1. The van der Waals surface area contributed by atoms with Crippen molar-refractivity contribution in [1.29, 1.82) is 0 Å². The number of hydrogen-bond acceptors (Lipinski definition) is 12. The second-order valence-electron chi connectivity index (χ2n) is 13.2. The first-order chi connectivity index (χ1) is 26.8. The molecule has 292 valence electrons. The molecule has 2 atom stereocenters. The molecule has 6 N–H and O–H groups in total. The molecule has 0 fully saturated rings. The fourth-order valence-corrected chi connectivity index (χ4v) is 6.94. The van der Waals surface area contributed by atoms with Crippen molar-refractivity contribution in [2.24, 2.45) is 5.16 Å². The summed E-state index contributed by atoms with van der Waals surface area (Å²) < 4.78 is 23.5. The number of ether oxygens (including phenoxy) is 4. The van der Waals surface area contributed by atoms with Gasteiger partial charge in [0.1, 0.15) is 11.9 Å². The van der Waals surface area contributed by atoms with Crippen LogP contribution in [0.25, 0.3) is 0 Å². The average molecular weight is 776 g/mol. The Morgan fingerprint density at radius 1 is 0.745 bits per heavy atom. The van der Waals surface area contributed by atoms with Gasteiger partial charge in [0.05, 0.1) is 65.1 Å². The first-order valence-electron chi connectivity index (χ1n) is 18.1. The molecule has 2 unspecified atom stereocenters. The molecule has 0 spiro atoms. The largest absolute Gasteiger partial charge is 0.493 e. The summed E-state index contributed by atoms with van der Waals surface area (Å²) in [5.41, 5.74) is 6.32. The van der Waals surface area contributed by atoms with Gasteiger partial charge in [0.25, 0.3) is 5.91 Å². The van der Waals surface area contributed by atoms with E-state index in [1.807, 2.05) is 30.3 Å². The molecule has 0 aromatic heterocycles. The zero-order chi connectivity index (χ0) is 38.9. The van der Waals surface area contributed by atoms with Crippen molar-refractivity contribution in [3.63, 3.8) is 0 Å². The predicted octanol–water partition coefficient (Wildman–Crippen LogP) is 6.06. The van der Waals surface area contributed by atoms with Crippen LogP contribution in [0.15, 0.2) is 65.8 Å². The maximum atomic E-state index is 12.7. The number of hydrogen-bond donors (Lipinski definition) is 6. The quantitative estimate of drug-likeness (QED) is 0.0647. The molecule has 55 heavy (non-hydrogen) atoms. The normalized spacial score (nSPS) is 16.1. The highest BCUT2D eigenvalue weighted by molar-refractivity contribution is 6.31. The number of rotatable bonds is 18. The molecule has 0 aliphatic carbocycles. The molecule has 2 heterocycles. The van der Waals surface area contributed by atoms with Crippen LogP contribution < -0.4 is 29.6 Å². The maximum Gasteiger partial charge on any atom is 0.255 e. The van der Waals surface area contributed by atoms with Crippen LogP contribution in [0, 0.1) is 0 Å². The minimum absolute atomic E-state index is 0.206. The maximum absolute atomic E-state index is 12.7. The van der Waals surface area contributed by atoms with Crippen LogP contribution in [-0.2, 0) is 31.3 Å². The Kier molecular flexibility index (Phi) is 13.3. The fraction of sp³-hybridized carbons (Fsp3) is 0.366. The third-order valence-electron chi connectivity index (χ3n) is 9.72. The van der Waals surface area contributed by atoms with E-state index in [2.05, 4.69) is 15.8 Å². The van der Waals surface area contributed by atoms with E-state index < -0.39 is 12.3 Å². The number of aliphatic hydroxyl groups is 4. The molecular weight excluding hydrogens is 730 g/mol. The molecule has 2 aliphatic heterocycles. The second-order valence-corrected chi connectivity index (χ2v) is 13.7.